The van der Waals surface area contributed by atoms with Crippen LogP contribution in [-0.4, -0.2) is 41.8 Å². The highest BCUT2D eigenvalue weighted by molar-refractivity contribution is 5.94. The van der Waals surface area contributed by atoms with Crippen molar-refractivity contribution in [3.63, 3.8) is 0 Å². The summed E-state index contributed by atoms with van der Waals surface area (Å²) in [6, 6.07) is 16.5. The molecule has 0 spiro atoms. The van der Waals surface area contributed by atoms with Gasteiger partial charge in [-0.3, -0.25) is 14.7 Å². The van der Waals surface area contributed by atoms with E-state index < -0.39 is 0 Å². The molecule has 4 nitrogen and oxygen atoms in total. The molecule has 0 unspecified atom stereocenters. The lowest BCUT2D eigenvalue weighted by Gasteiger charge is -2.36. The minimum absolute atomic E-state index is 0. The molecule has 30 heavy (non-hydrogen) atoms. The number of hydrogen-bond acceptors (Lipinski definition) is 4. The van der Waals surface area contributed by atoms with Gasteiger partial charge in [0.2, 0.25) is 0 Å². The fourth-order valence-electron chi connectivity index (χ4n) is 3.70. The first-order valence-electron chi connectivity index (χ1n) is 9.87. The van der Waals surface area contributed by atoms with Crippen molar-refractivity contribution in [2.75, 3.05) is 31.1 Å². The van der Waals surface area contributed by atoms with Crippen molar-refractivity contribution >= 4 is 23.9 Å². The molecule has 2 aromatic carbocycles. The lowest BCUT2D eigenvalue weighted by Crippen LogP contribution is -2.46. The van der Waals surface area contributed by atoms with Crippen molar-refractivity contribution in [3.05, 3.63) is 83.9 Å². The Hall–Kier alpha value is -2.76. The molecule has 0 aliphatic carbocycles. The molecule has 0 saturated carbocycles. The highest BCUT2D eigenvalue weighted by atomic mass is 35.5. The number of carbonyl (C=O) groups is 1. The van der Waals surface area contributed by atoms with Crippen LogP contribution in [0.5, 0.6) is 0 Å². The summed E-state index contributed by atoms with van der Waals surface area (Å²) in [4.78, 5) is 20.6. The number of pyridine rings is 1. The Morgan fingerprint density at radius 3 is 2.23 bits per heavy atom. The molecule has 0 amide bonds. The van der Waals surface area contributed by atoms with Gasteiger partial charge < -0.3 is 4.90 Å². The maximum Gasteiger partial charge on any atom is 0.159 e. The van der Waals surface area contributed by atoms with E-state index in [-0.39, 0.29) is 24.0 Å². The lowest BCUT2D eigenvalue weighted by atomic mass is 10.1. The lowest BCUT2D eigenvalue weighted by molar-refractivity contribution is 0.101. The summed E-state index contributed by atoms with van der Waals surface area (Å²) in [6.07, 6.45) is 3.72. The van der Waals surface area contributed by atoms with Gasteiger partial charge in [0.1, 0.15) is 5.82 Å². The number of Topliss-reactive ketones (excluding diaryl/α,β-unsaturated/α-hetero) is 1. The van der Waals surface area contributed by atoms with E-state index >= 15 is 0 Å². The molecule has 0 atom stereocenters. The van der Waals surface area contributed by atoms with Crippen molar-refractivity contribution in [2.45, 2.75) is 13.5 Å². The highest BCUT2D eigenvalue weighted by Gasteiger charge is 2.18. The Balaban J connectivity index is 0.00000256. The first kappa shape index (κ1) is 21.9. The van der Waals surface area contributed by atoms with Gasteiger partial charge in [-0.15, -0.1) is 12.4 Å². The maximum absolute atomic E-state index is 13.2. The molecule has 0 N–H and O–H groups in total. The van der Waals surface area contributed by atoms with Gasteiger partial charge in [-0.25, -0.2) is 4.39 Å². The van der Waals surface area contributed by atoms with E-state index in [4.69, 9.17) is 0 Å². The second-order valence-electron chi connectivity index (χ2n) is 7.46. The Kier molecular flexibility index (Phi) is 7.19. The number of anilines is 1. The van der Waals surface area contributed by atoms with Gasteiger partial charge in [-0.2, -0.15) is 0 Å². The summed E-state index contributed by atoms with van der Waals surface area (Å²) in [5, 5.41) is 0. The number of nitrogens with zero attached hydrogens (tertiary/aromatic N) is 3. The first-order chi connectivity index (χ1) is 14.1. The predicted octanol–water partition coefficient (Wildman–Crippen LogP) is 4.83. The molecular weight excluding hydrogens is 401 g/mol. The van der Waals surface area contributed by atoms with Crippen molar-refractivity contribution in [2.24, 2.45) is 0 Å². The van der Waals surface area contributed by atoms with Gasteiger partial charge in [-0.05, 0) is 60.5 Å². The van der Waals surface area contributed by atoms with Crippen LogP contribution in [0.4, 0.5) is 10.1 Å². The number of piperazine rings is 1. The Morgan fingerprint density at radius 2 is 1.60 bits per heavy atom. The second kappa shape index (κ2) is 9.83. The van der Waals surface area contributed by atoms with Crippen molar-refractivity contribution in [1.82, 2.24) is 9.88 Å². The third kappa shape index (κ3) is 5.23. The van der Waals surface area contributed by atoms with E-state index in [2.05, 4.69) is 20.9 Å². The van der Waals surface area contributed by atoms with E-state index in [0.29, 0.717) is 0 Å². The Bertz CT molecular complexity index is 984. The summed E-state index contributed by atoms with van der Waals surface area (Å²) in [7, 11) is 0. The van der Waals surface area contributed by atoms with E-state index in [1.165, 1.54) is 12.1 Å². The van der Waals surface area contributed by atoms with Crippen LogP contribution in [-0.2, 0) is 6.54 Å². The number of ketones is 1. The second-order valence-corrected chi connectivity index (χ2v) is 7.46. The fourth-order valence-corrected chi connectivity index (χ4v) is 3.70. The van der Waals surface area contributed by atoms with Gasteiger partial charge in [-0.1, -0.05) is 12.1 Å². The van der Waals surface area contributed by atoms with Crippen molar-refractivity contribution in [1.29, 1.82) is 0 Å². The molecule has 0 radical (unpaired) electrons. The number of aromatic nitrogens is 1. The largest absolute Gasteiger partial charge is 0.369 e. The van der Waals surface area contributed by atoms with Gasteiger partial charge in [0.15, 0.2) is 5.78 Å². The van der Waals surface area contributed by atoms with Crippen LogP contribution in [0.15, 0.2) is 67.0 Å². The minimum atomic E-state index is -0.230. The smallest absolute Gasteiger partial charge is 0.159 e. The molecule has 6 heteroatoms. The quantitative estimate of drug-likeness (QED) is 0.548. The first-order valence-corrected chi connectivity index (χ1v) is 9.87. The zero-order chi connectivity index (χ0) is 20.2. The zero-order valence-electron chi connectivity index (χ0n) is 16.9. The van der Waals surface area contributed by atoms with Crippen LogP contribution in [0.25, 0.3) is 11.1 Å². The fraction of sp³-hybridized carbons (Fsp3) is 0.250. The number of carbonyl (C=O) groups excluding carboxylic acids is 1. The van der Waals surface area contributed by atoms with E-state index in [1.807, 2.05) is 36.7 Å². The number of hydrogen-bond donors (Lipinski definition) is 0. The Labute approximate surface area is 182 Å². The molecule has 156 valence electrons. The number of halogens is 2. The number of benzene rings is 2. The summed E-state index contributed by atoms with van der Waals surface area (Å²) < 4.78 is 13.2. The molecule has 1 aromatic heterocycles. The number of rotatable bonds is 5. The van der Waals surface area contributed by atoms with Gasteiger partial charge in [0, 0.05) is 61.9 Å². The van der Waals surface area contributed by atoms with Crippen LogP contribution in [0, 0.1) is 5.82 Å². The molecule has 1 saturated heterocycles. The topological polar surface area (TPSA) is 36.4 Å². The molecule has 3 aromatic rings. The molecule has 1 aliphatic rings. The van der Waals surface area contributed by atoms with Crippen LogP contribution in [0.1, 0.15) is 22.8 Å². The highest BCUT2D eigenvalue weighted by Crippen LogP contribution is 2.22. The summed E-state index contributed by atoms with van der Waals surface area (Å²) in [5.74, 6) is -0.135. The van der Waals surface area contributed by atoms with Crippen LogP contribution in [0.2, 0.25) is 0 Å². The van der Waals surface area contributed by atoms with Crippen LogP contribution < -0.4 is 4.90 Å². The zero-order valence-corrected chi connectivity index (χ0v) is 17.7. The van der Waals surface area contributed by atoms with Gasteiger partial charge >= 0.3 is 0 Å². The summed E-state index contributed by atoms with van der Waals surface area (Å²) >= 11 is 0. The van der Waals surface area contributed by atoms with Gasteiger partial charge in [0.25, 0.3) is 0 Å². The van der Waals surface area contributed by atoms with Crippen LogP contribution >= 0.6 is 12.4 Å². The summed E-state index contributed by atoms with van der Waals surface area (Å²) in [5.41, 5.74) is 5.05. The molecule has 2 heterocycles. The SMILES string of the molecule is CC(=O)c1ccc(N2CCN(Cc3cncc(-c4ccc(F)cc4)c3)CC2)cc1.Cl. The minimum Gasteiger partial charge on any atom is -0.369 e. The Morgan fingerprint density at radius 1 is 0.933 bits per heavy atom. The molecule has 1 fully saturated rings. The predicted molar refractivity (Wildman–Crippen MR) is 121 cm³/mol. The third-order valence-corrected chi connectivity index (χ3v) is 5.39. The maximum atomic E-state index is 13.2. The molecule has 0 bridgehead atoms. The summed E-state index contributed by atoms with van der Waals surface area (Å²) in [6.45, 7) is 6.27. The van der Waals surface area contributed by atoms with E-state index in [0.717, 1.165) is 60.7 Å². The monoisotopic (exact) mass is 425 g/mol. The standard InChI is InChI=1S/C24H24FN3O.ClH/c1-18(29)20-4-8-24(9-5-20)28-12-10-27(11-13-28)17-19-14-22(16-26-15-19)21-2-6-23(25)7-3-21;/h2-9,14-16H,10-13,17H2,1H3;1H. The van der Waals surface area contributed by atoms with Gasteiger partial charge in [0.05, 0.1) is 0 Å². The molecule has 4 rings (SSSR count). The normalized spacial score (nSPS) is 14.3. The average molecular weight is 426 g/mol. The van der Waals surface area contributed by atoms with Crippen molar-refractivity contribution < 1.29 is 9.18 Å². The molecular formula is C24H25ClFN3O. The van der Waals surface area contributed by atoms with E-state index in [1.54, 1.807) is 19.1 Å². The van der Waals surface area contributed by atoms with E-state index in [9.17, 15) is 9.18 Å². The third-order valence-electron chi connectivity index (χ3n) is 5.39. The van der Waals surface area contributed by atoms with Crippen molar-refractivity contribution in [3.8, 4) is 11.1 Å². The van der Waals surface area contributed by atoms with Crippen LogP contribution in [0.3, 0.4) is 0 Å². The average Bonchev–Trinajstić information content (AvgIpc) is 2.75. The molecule has 1 aliphatic heterocycles.